The number of hydrazone groups is 1. The fraction of sp³-hybridized carbons (Fsp3) is 0.357. The predicted octanol–water partition coefficient (Wildman–Crippen LogP) is 0.820. The van der Waals surface area contributed by atoms with Gasteiger partial charge in [-0.25, -0.2) is 5.01 Å². The maximum Gasteiger partial charge on any atom is 0.290 e. The number of aromatic hydroxyl groups is 1. The van der Waals surface area contributed by atoms with E-state index in [2.05, 4.69) is 21.9 Å². The molecule has 0 radical (unpaired) electrons. The topological polar surface area (TPSA) is 85.8 Å². The van der Waals surface area contributed by atoms with E-state index < -0.39 is 5.56 Å². The second kappa shape index (κ2) is 6.06. The number of nitrogens with zero attached hydrogens (tertiary/aromatic N) is 2. The van der Waals surface area contributed by atoms with E-state index >= 15 is 0 Å². The van der Waals surface area contributed by atoms with Gasteiger partial charge in [0.15, 0.2) is 5.75 Å². The van der Waals surface area contributed by atoms with Crippen molar-refractivity contribution < 1.29 is 9.90 Å². The van der Waals surface area contributed by atoms with Gasteiger partial charge < -0.3 is 10.1 Å². The summed E-state index contributed by atoms with van der Waals surface area (Å²) in [6.45, 7) is 2.18. The lowest BCUT2D eigenvalue weighted by Crippen LogP contribution is -2.33. The Labute approximate surface area is 116 Å². The van der Waals surface area contributed by atoms with Gasteiger partial charge in [0, 0.05) is 19.3 Å². The maximum absolute atomic E-state index is 11.7. The summed E-state index contributed by atoms with van der Waals surface area (Å²) in [6, 6.07) is 2.88. The maximum atomic E-state index is 11.7. The van der Waals surface area contributed by atoms with Crippen LogP contribution in [0.3, 0.4) is 0 Å². The molecule has 6 nitrogen and oxygen atoms in total. The average molecular weight is 273 g/mol. The molecule has 2 rings (SSSR count). The number of amides is 1. The van der Waals surface area contributed by atoms with Crippen LogP contribution >= 0.6 is 0 Å². The summed E-state index contributed by atoms with van der Waals surface area (Å²) in [5, 5.41) is 14.7. The normalized spacial score (nSPS) is 14.6. The highest BCUT2D eigenvalue weighted by molar-refractivity contribution is 6.02. The third-order valence-electron chi connectivity index (χ3n) is 2.84. The predicted molar refractivity (Wildman–Crippen MR) is 74.3 cm³/mol. The summed E-state index contributed by atoms with van der Waals surface area (Å²) in [5.41, 5.74) is 0.549. The van der Waals surface area contributed by atoms with Gasteiger partial charge in [-0.05, 0) is 12.1 Å². The number of rotatable bonds is 2. The molecular weight excluding hydrogens is 258 g/mol. The molecule has 20 heavy (non-hydrogen) atoms. The Balaban J connectivity index is 2.26. The van der Waals surface area contributed by atoms with Crippen LogP contribution < -0.4 is 5.56 Å². The molecule has 0 bridgehead atoms. The Morgan fingerprint density at radius 2 is 2.15 bits per heavy atom. The van der Waals surface area contributed by atoms with E-state index in [9.17, 15) is 14.7 Å². The van der Waals surface area contributed by atoms with E-state index in [-0.39, 0.29) is 18.2 Å². The lowest BCUT2D eigenvalue weighted by molar-refractivity contribution is -0.131. The highest BCUT2D eigenvalue weighted by Gasteiger charge is 2.21. The summed E-state index contributed by atoms with van der Waals surface area (Å²) in [6.07, 6.45) is 1.51. The Morgan fingerprint density at radius 1 is 1.35 bits per heavy atom. The van der Waals surface area contributed by atoms with E-state index in [1.165, 1.54) is 11.1 Å². The number of carbonyl (C=O) groups excluding carboxylic acids is 1. The van der Waals surface area contributed by atoms with Crippen molar-refractivity contribution in [2.24, 2.45) is 5.10 Å². The number of aromatic amines is 1. The smallest absolute Gasteiger partial charge is 0.290 e. The first kappa shape index (κ1) is 13.9. The Morgan fingerprint density at radius 3 is 2.85 bits per heavy atom. The Kier molecular flexibility index (Phi) is 4.20. The second-order valence-corrected chi connectivity index (χ2v) is 4.29. The minimum Gasteiger partial charge on any atom is -0.503 e. The number of hydrogen-bond donors (Lipinski definition) is 2. The van der Waals surface area contributed by atoms with Gasteiger partial charge in [0.05, 0.1) is 11.4 Å². The molecule has 2 heterocycles. The fourth-order valence-corrected chi connectivity index (χ4v) is 1.81. The first-order chi connectivity index (χ1) is 9.61. The minimum atomic E-state index is -0.570. The van der Waals surface area contributed by atoms with Crippen molar-refractivity contribution in [3.63, 3.8) is 0 Å². The van der Waals surface area contributed by atoms with Crippen LogP contribution in [0.15, 0.2) is 22.0 Å². The van der Waals surface area contributed by atoms with E-state index in [4.69, 9.17) is 0 Å². The van der Waals surface area contributed by atoms with Gasteiger partial charge in [-0.2, -0.15) is 5.10 Å². The molecule has 1 aromatic heterocycles. The van der Waals surface area contributed by atoms with Gasteiger partial charge in [0.1, 0.15) is 6.54 Å². The molecule has 104 valence electrons. The molecular formula is C14H15N3O3. The number of H-pyrrole nitrogens is 1. The fourth-order valence-electron chi connectivity index (χ4n) is 1.81. The van der Waals surface area contributed by atoms with Crippen LogP contribution in [-0.2, 0) is 4.79 Å². The van der Waals surface area contributed by atoms with Crippen LogP contribution in [0, 0.1) is 11.8 Å². The molecule has 0 spiro atoms. The number of nitrogens with one attached hydrogen (secondary N) is 1. The summed E-state index contributed by atoms with van der Waals surface area (Å²) >= 11 is 0. The molecule has 1 amide bonds. The largest absolute Gasteiger partial charge is 0.503 e. The Bertz CT molecular complexity index is 664. The summed E-state index contributed by atoms with van der Waals surface area (Å²) in [4.78, 5) is 25.6. The van der Waals surface area contributed by atoms with E-state index in [1.54, 1.807) is 6.07 Å². The van der Waals surface area contributed by atoms with Gasteiger partial charge in [0.2, 0.25) is 5.91 Å². The lowest BCUT2D eigenvalue weighted by Gasteiger charge is -2.21. The summed E-state index contributed by atoms with van der Waals surface area (Å²) < 4.78 is 0. The third-order valence-corrected chi connectivity index (χ3v) is 2.84. The SMILES string of the molecule is CCC#CCN1N=C(c2ccc(O)c(=O)[nH]2)CCC1=O. The van der Waals surface area contributed by atoms with Crippen molar-refractivity contribution in [1.82, 2.24) is 9.99 Å². The third kappa shape index (κ3) is 3.06. The van der Waals surface area contributed by atoms with Crippen LogP contribution in [-0.4, -0.2) is 33.3 Å². The standard InChI is InChI=1S/C14H15N3O3/c1-2-3-4-9-17-13(19)8-6-11(16-17)10-5-7-12(18)14(20)15-10/h5,7,18H,2,6,8-9H2,1H3,(H,15,20). The quantitative estimate of drug-likeness (QED) is 0.782. The zero-order chi connectivity index (χ0) is 14.5. The molecule has 1 aromatic rings. The van der Waals surface area contributed by atoms with Crippen LogP contribution in [0.4, 0.5) is 0 Å². The number of hydrogen-bond acceptors (Lipinski definition) is 4. The first-order valence-corrected chi connectivity index (χ1v) is 6.38. The molecule has 0 fully saturated rings. The molecule has 2 N–H and O–H groups in total. The van der Waals surface area contributed by atoms with Crippen LogP contribution in [0.2, 0.25) is 0 Å². The minimum absolute atomic E-state index is 0.0831. The molecule has 0 aromatic carbocycles. The van der Waals surface area contributed by atoms with Crippen LogP contribution in [0.25, 0.3) is 0 Å². The van der Waals surface area contributed by atoms with Crippen molar-refractivity contribution in [2.45, 2.75) is 26.2 Å². The van der Waals surface area contributed by atoms with Crippen molar-refractivity contribution in [3.05, 3.63) is 28.2 Å². The van der Waals surface area contributed by atoms with E-state index in [0.717, 1.165) is 6.42 Å². The van der Waals surface area contributed by atoms with Gasteiger partial charge in [-0.1, -0.05) is 12.8 Å². The van der Waals surface area contributed by atoms with E-state index in [1.807, 2.05) is 6.92 Å². The molecule has 1 aliphatic heterocycles. The van der Waals surface area contributed by atoms with Gasteiger partial charge in [-0.15, -0.1) is 5.92 Å². The Hall–Kier alpha value is -2.55. The average Bonchev–Trinajstić information content (AvgIpc) is 2.44. The first-order valence-electron chi connectivity index (χ1n) is 6.38. The number of aromatic nitrogens is 1. The lowest BCUT2D eigenvalue weighted by atomic mass is 10.1. The molecule has 0 saturated carbocycles. The van der Waals surface area contributed by atoms with Gasteiger partial charge in [-0.3, -0.25) is 9.59 Å². The zero-order valence-electron chi connectivity index (χ0n) is 11.1. The number of pyridine rings is 1. The molecule has 6 heteroatoms. The molecule has 0 unspecified atom stereocenters. The second-order valence-electron chi connectivity index (χ2n) is 4.29. The van der Waals surface area contributed by atoms with E-state index in [0.29, 0.717) is 24.2 Å². The highest BCUT2D eigenvalue weighted by atomic mass is 16.3. The highest BCUT2D eigenvalue weighted by Crippen LogP contribution is 2.13. The van der Waals surface area contributed by atoms with Crippen molar-refractivity contribution in [3.8, 4) is 17.6 Å². The van der Waals surface area contributed by atoms with Crippen LogP contribution in [0.1, 0.15) is 31.9 Å². The molecule has 0 atom stereocenters. The molecule has 0 saturated heterocycles. The summed E-state index contributed by atoms with van der Waals surface area (Å²) in [5.74, 6) is 5.32. The van der Waals surface area contributed by atoms with Crippen molar-refractivity contribution >= 4 is 11.6 Å². The number of carbonyl (C=O) groups is 1. The summed E-state index contributed by atoms with van der Waals surface area (Å²) in [7, 11) is 0. The molecule has 0 aliphatic carbocycles. The van der Waals surface area contributed by atoms with Crippen molar-refractivity contribution in [2.75, 3.05) is 6.54 Å². The van der Waals surface area contributed by atoms with Crippen LogP contribution in [0.5, 0.6) is 5.75 Å². The van der Waals surface area contributed by atoms with Gasteiger partial charge in [0.25, 0.3) is 5.56 Å². The monoisotopic (exact) mass is 273 g/mol. The van der Waals surface area contributed by atoms with Crippen molar-refractivity contribution in [1.29, 1.82) is 0 Å². The zero-order valence-corrected chi connectivity index (χ0v) is 11.1. The molecule has 1 aliphatic rings. The van der Waals surface area contributed by atoms with Gasteiger partial charge >= 0.3 is 0 Å².